The molecule has 2 nitrogen and oxygen atoms in total. The molecule has 0 saturated carbocycles. The third kappa shape index (κ3) is 1.74. The molecule has 2 aromatic carbocycles. The molecule has 1 heterocycles. The second-order valence-corrected chi connectivity index (χ2v) is 3.82. The lowest BCUT2D eigenvalue weighted by molar-refractivity contribution is 0.527. The third-order valence-electron chi connectivity index (χ3n) is 2.66. The number of aliphatic imine (C=N–C) groups is 1. The average molecular weight is 221 g/mol. The van der Waals surface area contributed by atoms with Crippen molar-refractivity contribution >= 4 is 17.3 Å². The molecule has 0 bridgehead atoms. The normalized spacial score (nSPS) is 15.8. The molecule has 2 aromatic rings. The smallest absolute Gasteiger partial charge is 0.227 e. The van der Waals surface area contributed by atoms with Gasteiger partial charge in [-0.2, -0.15) is 0 Å². The van der Waals surface area contributed by atoms with E-state index in [-0.39, 0.29) is 0 Å². The quantitative estimate of drug-likeness (QED) is 0.718. The van der Waals surface area contributed by atoms with Crippen LogP contribution in [0.25, 0.3) is 5.76 Å². The van der Waals surface area contributed by atoms with Gasteiger partial charge in [0.1, 0.15) is 5.76 Å². The summed E-state index contributed by atoms with van der Waals surface area (Å²) in [6, 6.07) is 17.7. The number of hydrogen-bond donors (Lipinski definition) is 0. The minimum atomic E-state index is 0.622. The molecule has 0 aliphatic carbocycles. The fraction of sp³-hybridized carbons (Fsp3) is 0. The average Bonchev–Trinajstić information content (AvgIpc) is 2.69. The van der Waals surface area contributed by atoms with Crippen LogP contribution < -0.4 is 0 Å². The highest BCUT2D eigenvalue weighted by Crippen LogP contribution is 2.29. The van der Waals surface area contributed by atoms with E-state index in [4.69, 9.17) is 4.74 Å². The van der Waals surface area contributed by atoms with E-state index in [9.17, 15) is 0 Å². The molecule has 0 spiro atoms. The van der Waals surface area contributed by atoms with Gasteiger partial charge in [0.15, 0.2) is 0 Å². The van der Waals surface area contributed by atoms with E-state index in [2.05, 4.69) is 11.6 Å². The molecular weight excluding hydrogens is 210 g/mol. The van der Waals surface area contributed by atoms with Crippen LogP contribution in [0, 0.1) is 0 Å². The lowest BCUT2D eigenvalue weighted by atomic mass is 10.1. The first-order chi connectivity index (χ1) is 8.34. The zero-order chi connectivity index (χ0) is 11.7. The molecule has 0 unspecified atom stereocenters. The first kappa shape index (κ1) is 9.85. The third-order valence-corrected chi connectivity index (χ3v) is 2.66. The van der Waals surface area contributed by atoms with Gasteiger partial charge < -0.3 is 4.74 Å². The maximum absolute atomic E-state index is 5.59. The van der Waals surface area contributed by atoms with Crippen LogP contribution in [0.4, 0.5) is 5.69 Å². The van der Waals surface area contributed by atoms with Crippen LogP contribution in [0.5, 0.6) is 0 Å². The van der Waals surface area contributed by atoms with Crippen molar-refractivity contribution in [2.75, 3.05) is 0 Å². The van der Waals surface area contributed by atoms with Crippen molar-refractivity contribution in [3.8, 4) is 0 Å². The summed E-state index contributed by atoms with van der Waals surface area (Å²) < 4.78 is 5.59. The highest BCUT2D eigenvalue weighted by molar-refractivity contribution is 6.06. The van der Waals surface area contributed by atoms with Crippen LogP contribution in [-0.2, 0) is 4.74 Å². The highest BCUT2D eigenvalue weighted by Gasteiger charge is 2.22. The minimum absolute atomic E-state index is 0.622. The van der Waals surface area contributed by atoms with E-state index in [1.54, 1.807) is 0 Å². The predicted molar refractivity (Wildman–Crippen MR) is 69.2 cm³/mol. The van der Waals surface area contributed by atoms with Gasteiger partial charge in [-0.25, -0.2) is 4.99 Å². The summed E-state index contributed by atoms with van der Waals surface area (Å²) in [4.78, 5) is 4.48. The Balaban J connectivity index is 2.08. The lowest BCUT2D eigenvalue weighted by Gasteiger charge is -1.98. The summed E-state index contributed by atoms with van der Waals surface area (Å²) in [5.41, 5.74) is 2.90. The van der Waals surface area contributed by atoms with Crippen molar-refractivity contribution in [1.82, 2.24) is 0 Å². The summed E-state index contributed by atoms with van der Waals surface area (Å²) in [6.45, 7) is 3.88. The van der Waals surface area contributed by atoms with Gasteiger partial charge in [-0.3, -0.25) is 0 Å². The second kappa shape index (κ2) is 3.91. The molecule has 2 heteroatoms. The Bertz CT molecular complexity index is 599. The molecular formula is C15H11NO. The lowest BCUT2D eigenvalue weighted by Crippen LogP contribution is -1.95. The maximum Gasteiger partial charge on any atom is 0.227 e. The zero-order valence-electron chi connectivity index (χ0n) is 9.26. The monoisotopic (exact) mass is 221 g/mol. The molecule has 0 N–H and O–H groups in total. The Kier molecular flexibility index (Phi) is 2.26. The van der Waals surface area contributed by atoms with Crippen molar-refractivity contribution in [3.63, 3.8) is 0 Å². The minimum Gasteiger partial charge on any atom is -0.438 e. The van der Waals surface area contributed by atoms with Gasteiger partial charge in [0.2, 0.25) is 5.90 Å². The molecule has 82 valence electrons. The van der Waals surface area contributed by atoms with E-state index in [0.29, 0.717) is 11.7 Å². The van der Waals surface area contributed by atoms with Crippen molar-refractivity contribution in [1.29, 1.82) is 0 Å². The van der Waals surface area contributed by atoms with Gasteiger partial charge in [-0.15, -0.1) is 0 Å². The molecule has 0 atom stereocenters. The summed E-state index contributed by atoms with van der Waals surface area (Å²) in [5.74, 6) is 1.28. The summed E-state index contributed by atoms with van der Waals surface area (Å²) in [5, 5.41) is 0. The van der Waals surface area contributed by atoms with Crippen LogP contribution >= 0.6 is 0 Å². The van der Waals surface area contributed by atoms with Gasteiger partial charge in [0.05, 0.1) is 5.69 Å². The van der Waals surface area contributed by atoms with Crippen molar-refractivity contribution in [2.45, 2.75) is 0 Å². The zero-order valence-corrected chi connectivity index (χ0v) is 9.26. The van der Waals surface area contributed by atoms with E-state index in [1.807, 2.05) is 54.6 Å². The molecule has 0 radical (unpaired) electrons. The number of ether oxygens (including phenoxy) is 1. The van der Waals surface area contributed by atoms with Crippen LogP contribution in [0.2, 0.25) is 0 Å². The highest BCUT2D eigenvalue weighted by atomic mass is 16.5. The summed E-state index contributed by atoms with van der Waals surface area (Å²) in [6.07, 6.45) is 0. The number of rotatable bonds is 1. The van der Waals surface area contributed by atoms with E-state index < -0.39 is 0 Å². The van der Waals surface area contributed by atoms with Crippen LogP contribution in [0.1, 0.15) is 11.1 Å². The number of hydrogen-bond acceptors (Lipinski definition) is 2. The Hall–Kier alpha value is -2.35. The van der Waals surface area contributed by atoms with Gasteiger partial charge >= 0.3 is 0 Å². The van der Waals surface area contributed by atoms with Crippen molar-refractivity contribution < 1.29 is 4.74 Å². The molecule has 0 amide bonds. The van der Waals surface area contributed by atoms with Crippen molar-refractivity contribution in [3.05, 3.63) is 72.3 Å². The second-order valence-electron chi connectivity index (χ2n) is 3.82. The van der Waals surface area contributed by atoms with Gasteiger partial charge in [0.25, 0.3) is 0 Å². The molecule has 17 heavy (non-hydrogen) atoms. The van der Waals surface area contributed by atoms with Gasteiger partial charge in [-0.1, -0.05) is 43.0 Å². The predicted octanol–water partition coefficient (Wildman–Crippen LogP) is 3.77. The van der Waals surface area contributed by atoms with Crippen molar-refractivity contribution in [2.24, 2.45) is 4.99 Å². The molecule has 1 aliphatic rings. The molecule has 0 aromatic heterocycles. The van der Waals surface area contributed by atoms with Crippen LogP contribution in [0.15, 0.2) is 66.2 Å². The maximum atomic E-state index is 5.59. The molecule has 1 aliphatic heterocycles. The number of para-hydroxylation sites is 1. The van der Waals surface area contributed by atoms with Gasteiger partial charge in [-0.05, 0) is 18.2 Å². The van der Waals surface area contributed by atoms with E-state index in [1.165, 1.54) is 0 Å². The first-order valence-electron chi connectivity index (χ1n) is 5.45. The fourth-order valence-corrected chi connectivity index (χ4v) is 1.84. The Morgan fingerprint density at radius 3 is 2.24 bits per heavy atom. The van der Waals surface area contributed by atoms with Crippen LogP contribution in [0.3, 0.4) is 0 Å². The number of benzene rings is 2. The first-order valence-corrected chi connectivity index (χ1v) is 5.45. The summed E-state index contributed by atoms with van der Waals surface area (Å²) in [7, 11) is 0. The SMILES string of the molecule is C=C1OC(=Nc2ccccc2)c2ccccc21. The van der Waals surface area contributed by atoms with Gasteiger partial charge in [0, 0.05) is 11.1 Å². The number of nitrogens with zero attached hydrogens (tertiary/aromatic N) is 1. The Morgan fingerprint density at radius 1 is 0.824 bits per heavy atom. The molecule has 0 fully saturated rings. The number of fused-ring (bicyclic) bond motifs is 1. The summed E-state index contributed by atoms with van der Waals surface area (Å²) >= 11 is 0. The Labute approximate surface area is 99.9 Å². The molecule has 0 saturated heterocycles. The largest absolute Gasteiger partial charge is 0.438 e. The Morgan fingerprint density at radius 2 is 1.47 bits per heavy atom. The van der Waals surface area contributed by atoms with E-state index >= 15 is 0 Å². The van der Waals surface area contributed by atoms with Crippen LogP contribution in [-0.4, -0.2) is 5.90 Å². The standard InChI is InChI=1S/C15H11NO/c1-11-13-9-5-6-10-14(13)15(17-11)16-12-7-3-2-4-8-12/h2-10H,1H2. The fourth-order valence-electron chi connectivity index (χ4n) is 1.84. The topological polar surface area (TPSA) is 21.6 Å². The van der Waals surface area contributed by atoms with E-state index in [0.717, 1.165) is 16.8 Å². The molecule has 3 rings (SSSR count).